The Morgan fingerprint density at radius 1 is 0.590 bits per heavy atom. The number of carbonyl (C=O) groups is 2. The van der Waals surface area contributed by atoms with Gasteiger partial charge in [0.05, 0.1) is 17.7 Å². The van der Waals surface area contributed by atoms with Crippen LogP contribution >= 0.6 is 11.8 Å². The van der Waals surface area contributed by atoms with Crippen LogP contribution in [0.5, 0.6) is 11.5 Å². The minimum Gasteiger partial charge on any atom is -0.507 e. The van der Waals surface area contributed by atoms with E-state index in [1.165, 1.54) is 114 Å². The number of benzene rings is 5. The zero-order valence-corrected chi connectivity index (χ0v) is 37.7. The molecule has 5 heteroatoms. The maximum absolute atomic E-state index is 14.2. The summed E-state index contributed by atoms with van der Waals surface area (Å²) in [5.41, 5.74) is 8.36. The van der Waals surface area contributed by atoms with E-state index in [1.54, 1.807) is 24.3 Å². The molecule has 1 N–H and O–H groups in total. The molecule has 3 aliphatic rings. The quantitative estimate of drug-likeness (QED) is 0.104. The maximum Gasteiger partial charge on any atom is 0.198 e. The van der Waals surface area contributed by atoms with Gasteiger partial charge in [0.25, 0.3) is 0 Å². The summed E-state index contributed by atoms with van der Waals surface area (Å²) < 4.78 is 6.53. The Hall–Kier alpha value is -4.61. The van der Waals surface area contributed by atoms with Crippen molar-refractivity contribution in [2.45, 2.75) is 140 Å². The molecule has 3 aliphatic carbocycles. The first-order valence-electron chi connectivity index (χ1n) is 23.4. The zero-order valence-electron chi connectivity index (χ0n) is 36.9. The highest BCUT2D eigenvalue weighted by molar-refractivity contribution is 7.99. The number of ketones is 2. The molecule has 2 fully saturated rings. The first-order valence-corrected chi connectivity index (χ1v) is 24.2. The fourth-order valence-corrected chi connectivity index (χ4v) is 11.5. The van der Waals surface area contributed by atoms with Crippen molar-refractivity contribution in [1.82, 2.24) is 0 Å². The van der Waals surface area contributed by atoms with E-state index in [9.17, 15) is 14.7 Å². The molecule has 0 aliphatic heterocycles. The van der Waals surface area contributed by atoms with Crippen molar-refractivity contribution >= 4 is 23.3 Å². The van der Waals surface area contributed by atoms with Crippen LogP contribution in [-0.4, -0.2) is 23.3 Å². The van der Waals surface area contributed by atoms with Gasteiger partial charge in [-0.15, -0.1) is 0 Å². The number of hydrogen-bond acceptors (Lipinski definition) is 5. The number of carbonyl (C=O) groups excluding carboxylic acids is 2. The van der Waals surface area contributed by atoms with Crippen molar-refractivity contribution in [2.75, 3.05) is 6.61 Å². The predicted molar refractivity (Wildman–Crippen MR) is 252 cm³/mol. The fourth-order valence-electron chi connectivity index (χ4n) is 10.5. The molecule has 0 heterocycles. The Bertz CT molecular complexity index is 2300. The molecule has 0 saturated heterocycles. The molecule has 0 atom stereocenters. The van der Waals surface area contributed by atoms with E-state index in [0.717, 1.165) is 56.9 Å². The topological polar surface area (TPSA) is 63.6 Å². The number of phenolic OH excluding ortho intramolecular Hbond substituents is 1. The van der Waals surface area contributed by atoms with Crippen LogP contribution in [0.1, 0.15) is 165 Å². The maximum atomic E-state index is 14.2. The van der Waals surface area contributed by atoms with Crippen molar-refractivity contribution < 1.29 is 19.4 Å². The largest absolute Gasteiger partial charge is 0.507 e. The predicted octanol–water partition coefficient (Wildman–Crippen LogP) is 15.5. The monoisotopic (exact) mass is 832 g/mol. The molecule has 0 bridgehead atoms. The number of ether oxygens (including phenoxy) is 1. The van der Waals surface area contributed by atoms with Crippen molar-refractivity contribution in [2.24, 2.45) is 17.8 Å². The summed E-state index contributed by atoms with van der Waals surface area (Å²) in [6, 6.07) is 30.3. The summed E-state index contributed by atoms with van der Waals surface area (Å²) in [5.74, 6) is 3.27. The summed E-state index contributed by atoms with van der Waals surface area (Å²) in [5, 5.41) is 11.9. The van der Waals surface area contributed by atoms with Gasteiger partial charge in [0.1, 0.15) is 11.5 Å². The second-order valence-corrected chi connectivity index (χ2v) is 19.6. The third kappa shape index (κ3) is 9.58. The number of phenols is 1. The third-order valence-corrected chi connectivity index (χ3v) is 15.2. The molecule has 0 amide bonds. The van der Waals surface area contributed by atoms with Crippen LogP contribution in [0.15, 0.2) is 101 Å². The average molecular weight is 833 g/mol. The van der Waals surface area contributed by atoms with Gasteiger partial charge >= 0.3 is 0 Å². The van der Waals surface area contributed by atoms with E-state index < -0.39 is 0 Å². The summed E-state index contributed by atoms with van der Waals surface area (Å²) in [6.07, 6.45) is 19.6. The van der Waals surface area contributed by atoms with Crippen LogP contribution in [0.4, 0.5) is 0 Å². The second kappa shape index (κ2) is 19.6. The van der Waals surface area contributed by atoms with Crippen LogP contribution in [0.25, 0.3) is 22.3 Å². The molecule has 2 saturated carbocycles. The SMILES string of the molecule is CCCCCC1CCC(COc2c(C)cc(-c3ccc(Sc4cc(-c5ccc(C6CCC(CCCC)CC6)cc5)c(O)c5c4C(=O)c4ccccc4C5=O)cc3)cc2C)CC1. The Labute approximate surface area is 368 Å². The smallest absolute Gasteiger partial charge is 0.198 e. The number of hydrogen-bond donors (Lipinski definition) is 1. The molecule has 61 heavy (non-hydrogen) atoms. The molecular weight excluding hydrogens is 769 g/mol. The number of rotatable bonds is 15. The van der Waals surface area contributed by atoms with Gasteiger partial charge in [-0.25, -0.2) is 0 Å². The summed E-state index contributed by atoms with van der Waals surface area (Å²) in [7, 11) is 0. The lowest BCUT2D eigenvalue weighted by atomic mass is 9.77. The molecular formula is C56H64O4S. The molecule has 5 aromatic carbocycles. The van der Waals surface area contributed by atoms with E-state index in [0.29, 0.717) is 33.4 Å². The van der Waals surface area contributed by atoms with Crippen LogP contribution in [0, 0.1) is 31.6 Å². The van der Waals surface area contributed by atoms with Gasteiger partial charge in [0.2, 0.25) is 0 Å². The van der Waals surface area contributed by atoms with E-state index in [2.05, 4.69) is 88.4 Å². The van der Waals surface area contributed by atoms with Crippen molar-refractivity contribution in [3.05, 3.63) is 130 Å². The molecule has 5 aromatic rings. The van der Waals surface area contributed by atoms with Gasteiger partial charge in [-0.1, -0.05) is 144 Å². The van der Waals surface area contributed by atoms with Crippen LogP contribution in [0.2, 0.25) is 0 Å². The van der Waals surface area contributed by atoms with E-state index in [1.807, 2.05) is 6.07 Å². The lowest BCUT2D eigenvalue weighted by Crippen LogP contribution is -2.22. The minimum absolute atomic E-state index is 0.0955. The summed E-state index contributed by atoms with van der Waals surface area (Å²) >= 11 is 1.47. The Balaban J connectivity index is 1.01. The number of aryl methyl sites for hydroxylation is 2. The number of unbranched alkanes of at least 4 members (excludes halogenated alkanes) is 3. The average Bonchev–Trinajstić information content (AvgIpc) is 3.28. The highest BCUT2D eigenvalue weighted by Crippen LogP contribution is 2.47. The summed E-state index contributed by atoms with van der Waals surface area (Å²) in [6.45, 7) is 9.65. The van der Waals surface area contributed by atoms with Crippen LogP contribution < -0.4 is 4.74 Å². The van der Waals surface area contributed by atoms with Crippen LogP contribution in [-0.2, 0) is 0 Å². The lowest BCUT2D eigenvalue weighted by molar-refractivity contribution is 0.0974. The third-order valence-electron chi connectivity index (χ3n) is 14.2. The zero-order chi connectivity index (χ0) is 42.5. The van der Waals surface area contributed by atoms with Gasteiger partial charge in [0.15, 0.2) is 11.6 Å². The van der Waals surface area contributed by atoms with Gasteiger partial charge in [0, 0.05) is 26.5 Å². The molecule has 4 nitrogen and oxygen atoms in total. The second-order valence-electron chi connectivity index (χ2n) is 18.5. The van der Waals surface area contributed by atoms with Crippen LogP contribution in [0.3, 0.4) is 0 Å². The first-order chi connectivity index (χ1) is 29.7. The molecule has 8 rings (SSSR count). The van der Waals surface area contributed by atoms with Gasteiger partial charge in [-0.2, -0.15) is 0 Å². The standard InChI is InChI=1S/C56H64O4S/c1-5-7-9-13-39-16-18-40(19-17-39)35-60-56-36(3)32-45(33-37(56)4)43-28-30-46(31-29-43)61-50-34-49(55(59)52-51(50)53(57)47-14-10-11-15-48(47)54(52)58)44-26-24-42(25-27-44)41-22-20-38(21-23-41)12-8-6-2/h10-11,14-15,24-34,38-41,59H,5-9,12-13,16-23,35H2,1-4H3. The van der Waals surface area contributed by atoms with Crippen molar-refractivity contribution in [1.29, 1.82) is 0 Å². The van der Waals surface area contributed by atoms with Crippen molar-refractivity contribution in [3.8, 4) is 33.8 Å². The lowest BCUT2D eigenvalue weighted by Gasteiger charge is -2.29. The van der Waals surface area contributed by atoms with E-state index in [4.69, 9.17) is 4.74 Å². The van der Waals surface area contributed by atoms with Gasteiger partial charge in [-0.3, -0.25) is 9.59 Å². The van der Waals surface area contributed by atoms with Gasteiger partial charge < -0.3 is 9.84 Å². The molecule has 0 unspecified atom stereocenters. The van der Waals surface area contributed by atoms with Crippen molar-refractivity contribution in [3.63, 3.8) is 0 Å². The normalized spacial score (nSPS) is 20.0. The highest BCUT2D eigenvalue weighted by Gasteiger charge is 2.36. The number of aromatic hydroxyl groups is 1. The number of fused-ring (bicyclic) bond motifs is 2. The highest BCUT2D eigenvalue weighted by atomic mass is 32.2. The molecule has 318 valence electrons. The van der Waals surface area contributed by atoms with E-state index in [-0.39, 0.29) is 28.4 Å². The Kier molecular flexibility index (Phi) is 13.8. The fraction of sp³-hybridized carbons (Fsp3) is 0.429. The Morgan fingerprint density at radius 2 is 1.15 bits per heavy atom. The molecule has 0 spiro atoms. The van der Waals surface area contributed by atoms with E-state index >= 15 is 0 Å². The Morgan fingerprint density at radius 3 is 1.77 bits per heavy atom. The molecule has 0 radical (unpaired) electrons. The molecule has 0 aromatic heterocycles. The first kappa shape index (κ1) is 43.1. The van der Waals surface area contributed by atoms with Gasteiger partial charge in [-0.05, 0) is 140 Å². The summed E-state index contributed by atoms with van der Waals surface area (Å²) in [4.78, 5) is 29.9. The minimum atomic E-state index is -0.318.